The van der Waals surface area contributed by atoms with E-state index in [9.17, 15) is 9.59 Å². The fraction of sp³-hybridized carbons (Fsp3) is 0.857. The van der Waals surface area contributed by atoms with Gasteiger partial charge in [-0.2, -0.15) is 0 Å². The molecule has 0 aromatic heterocycles. The Balaban J connectivity index is 2.84. The highest BCUT2D eigenvalue weighted by Crippen LogP contribution is 2.43. The van der Waals surface area contributed by atoms with Crippen molar-refractivity contribution >= 4 is 11.9 Å². The molecule has 1 aliphatic rings. The fourth-order valence-electron chi connectivity index (χ4n) is 2.22. The summed E-state index contributed by atoms with van der Waals surface area (Å²) in [4.78, 5) is 23.8. The molecule has 0 N–H and O–H groups in total. The number of carbonyl (C=O) groups excluding carboxylic acids is 2. The normalized spacial score (nSPS) is 20.2. The van der Waals surface area contributed by atoms with Gasteiger partial charge in [-0.25, -0.2) is 0 Å². The highest BCUT2D eigenvalue weighted by molar-refractivity contribution is 5.79. The molecule has 0 bridgehead atoms. The number of esters is 2. The van der Waals surface area contributed by atoms with Gasteiger partial charge in [0.1, 0.15) is 5.41 Å². The van der Waals surface area contributed by atoms with Crippen molar-refractivity contribution in [2.75, 3.05) is 26.4 Å². The Morgan fingerprint density at radius 1 is 1.15 bits per heavy atom. The van der Waals surface area contributed by atoms with Crippen molar-refractivity contribution in [2.45, 2.75) is 46.3 Å². The van der Waals surface area contributed by atoms with Crippen LogP contribution in [0.3, 0.4) is 0 Å². The Kier molecular flexibility index (Phi) is 5.95. The van der Waals surface area contributed by atoms with Crippen LogP contribution in [0.4, 0.5) is 0 Å². The summed E-state index contributed by atoms with van der Waals surface area (Å²) in [6.45, 7) is 8.33. The van der Waals surface area contributed by atoms with Gasteiger partial charge in [0.15, 0.2) is 5.79 Å². The lowest BCUT2D eigenvalue weighted by Crippen LogP contribution is -2.51. The highest BCUT2D eigenvalue weighted by atomic mass is 16.7. The first-order valence-electron chi connectivity index (χ1n) is 7.00. The second kappa shape index (κ2) is 7.04. The van der Waals surface area contributed by atoms with Crippen LogP contribution >= 0.6 is 0 Å². The molecule has 20 heavy (non-hydrogen) atoms. The molecule has 1 fully saturated rings. The van der Waals surface area contributed by atoms with E-state index in [2.05, 4.69) is 0 Å². The SMILES string of the molecule is CCOC(=O)CC[C@@](C)(C(=O)OCC)C1(C)OCCO1. The lowest BCUT2D eigenvalue weighted by Gasteiger charge is -2.39. The van der Waals surface area contributed by atoms with E-state index in [0.29, 0.717) is 19.8 Å². The third kappa shape index (κ3) is 3.49. The van der Waals surface area contributed by atoms with Crippen LogP contribution in [0.25, 0.3) is 0 Å². The van der Waals surface area contributed by atoms with Crippen molar-refractivity contribution in [3.8, 4) is 0 Å². The van der Waals surface area contributed by atoms with Crippen molar-refractivity contribution < 1.29 is 28.5 Å². The fourth-order valence-corrected chi connectivity index (χ4v) is 2.22. The number of ether oxygens (including phenoxy) is 4. The number of hydrogen-bond donors (Lipinski definition) is 0. The zero-order chi connectivity index (χ0) is 15.2. The summed E-state index contributed by atoms with van der Waals surface area (Å²) >= 11 is 0. The molecule has 0 aliphatic carbocycles. The van der Waals surface area contributed by atoms with Crippen molar-refractivity contribution in [1.29, 1.82) is 0 Å². The molecule has 0 amide bonds. The minimum absolute atomic E-state index is 0.117. The van der Waals surface area contributed by atoms with Crippen LogP contribution in [0, 0.1) is 5.41 Å². The molecule has 0 radical (unpaired) electrons. The average molecular weight is 288 g/mol. The summed E-state index contributed by atoms with van der Waals surface area (Å²) in [5.74, 6) is -1.84. The Bertz CT molecular complexity index is 348. The van der Waals surface area contributed by atoms with Crippen LogP contribution in [0.2, 0.25) is 0 Å². The largest absolute Gasteiger partial charge is 0.466 e. The minimum Gasteiger partial charge on any atom is -0.466 e. The topological polar surface area (TPSA) is 71.1 Å². The van der Waals surface area contributed by atoms with E-state index in [4.69, 9.17) is 18.9 Å². The third-order valence-electron chi connectivity index (χ3n) is 3.70. The monoisotopic (exact) mass is 288 g/mol. The quantitative estimate of drug-likeness (QED) is 0.664. The number of rotatable bonds is 7. The van der Waals surface area contributed by atoms with Gasteiger partial charge in [-0.05, 0) is 34.1 Å². The van der Waals surface area contributed by atoms with E-state index in [1.165, 1.54) is 0 Å². The third-order valence-corrected chi connectivity index (χ3v) is 3.70. The smallest absolute Gasteiger partial charge is 0.317 e. The Morgan fingerprint density at radius 2 is 1.70 bits per heavy atom. The van der Waals surface area contributed by atoms with E-state index in [-0.39, 0.29) is 25.4 Å². The Hall–Kier alpha value is -1.14. The summed E-state index contributed by atoms with van der Waals surface area (Å²) in [6.07, 6.45) is 0.368. The first-order valence-corrected chi connectivity index (χ1v) is 7.00. The van der Waals surface area contributed by atoms with E-state index in [1.54, 1.807) is 27.7 Å². The summed E-state index contributed by atoms with van der Waals surface area (Å²) < 4.78 is 21.2. The van der Waals surface area contributed by atoms with Crippen LogP contribution in [0.15, 0.2) is 0 Å². The second-order valence-corrected chi connectivity index (χ2v) is 5.00. The first-order chi connectivity index (χ1) is 9.39. The molecule has 0 unspecified atom stereocenters. The van der Waals surface area contributed by atoms with Gasteiger partial charge < -0.3 is 18.9 Å². The van der Waals surface area contributed by atoms with Gasteiger partial charge in [-0.15, -0.1) is 0 Å². The van der Waals surface area contributed by atoms with E-state index >= 15 is 0 Å². The standard InChI is InChI=1S/C14H24O6/c1-5-17-11(15)7-8-13(3,12(16)18-6-2)14(4)19-9-10-20-14/h5-10H2,1-4H3/t13-/m0/s1. The summed E-state index contributed by atoms with van der Waals surface area (Å²) in [5.41, 5.74) is -1.05. The van der Waals surface area contributed by atoms with Crippen molar-refractivity contribution in [3.05, 3.63) is 0 Å². The van der Waals surface area contributed by atoms with Crippen LogP contribution < -0.4 is 0 Å². The lowest BCUT2D eigenvalue weighted by molar-refractivity contribution is -0.232. The molecule has 0 aromatic carbocycles. The minimum atomic E-state index is -1.08. The van der Waals surface area contributed by atoms with E-state index in [1.807, 2.05) is 0 Å². The molecule has 0 aromatic rings. The molecule has 1 rings (SSSR count). The molecule has 6 heteroatoms. The Morgan fingerprint density at radius 3 is 2.20 bits per heavy atom. The lowest BCUT2D eigenvalue weighted by atomic mass is 9.77. The van der Waals surface area contributed by atoms with Crippen molar-refractivity contribution in [3.63, 3.8) is 0 Å². The average Bonchev–Trinajstić information content (AvgIpc) is 2.85. The molecule has 1 atom stereocenters. The molecular formula is C14H24O6. The highest BCUT2D eigenvalue weighted by Gasteiger charge is 2.55. The van der Waals surface area contributed by atoms with E-state index in [0.717, 1.165) is 0 Å². The van der Waals surface area contributed by atoms with E-state index < -0.39 is 17.2 Å². The zero-order valence-corrected chi connectivity index (χ0v) is 12.7. The second-order valence-electron chi connectivity index (χ2n) is 5.00. The molecule has 116 valence electrons. The van der Waals surface area contributed by atoms with Crippen molar-refractivity contribution in [1.82, 2.24) is 0 Å². The molecule has 0 saturated carbocycles. The van der Waals surface area contributed by atoms with Gasteiger partial charge >= 0.3 is 11.9 Å². The van der Waals surface area contributed by atoms with Crippen LogP contribution in [-0.4, -0.2) is 44.2 Å². The Labute approximate surface area is 119 Å². The molecule has 6 nitrogen and oxygen atoms in total. The van der Waals surface area contributed by atoms with Gasteiger partial charge in [0.25, 0.3) is 0 Å². The van der Waals surface area contributed by atoms with Gasteiger partial charge in [-0.3, -0.25) is 9.59 Å². The first kappa shape index (κ1) is 16.9. The summed E-state index contributed by atoms with van der Waals surface area (Å²) in [6, 6.07) is 0. The molecule has 0 spiro atoms. The van der Waals surface area contributed by atoms with Gasteiger partial charge in [-0.1, -0.05) is 0 Å². The van der Waals surface area contributed by atoms with Crippen molar-refractivity contribution in [2.24, 2.45) is 5.41 Å². The maximum atomic E-state index is 12.3. The van der Waals surface area contributed by atoms with Gasteiger partial charge in [0.2, 0.25) is 0 Å². The molecule has 1 heterocycles. The van der Waals surface area contributed by atoms with Crippen LogP contribution in [0.1, 0.15) is 40.5 Å². The summed E-state index contributed by atoms with van der Waals surface area (Å²) in [7, 11) is 0. The van der Waals surface area contributed by atoms with Gasteiger partial charge in [0, 0.05) is 6.42 Å². The predicted molar refractivity (Wildman–Crippen MR) is 70.9 cm³/mol. The maximum Gasteiger partial charge on any atom is 0.317 e. The van der Waals surface area contributed by atoms with Gasteiger partial charge in [0.05, 0.1) is 26.4 Å². The molecule has 1 saturated heterocycles. The number of carbonyl (C=O) groups is 2. The maximum absolute atomic E-state index is 12.3. The molecular weight excluding hydrogens is 264 g/mol. The molecule has 1 aliphatic heterocycles. The van der Waals surface area contributed by atoms with Crippen LogP contribution in [0.5, 0.6) is 0 Å². The van der Waals surface area contributed by atoms with Crippen LogP contribution in [-0.2, 0) is 28.5 Å². The number of hydrogen-bond acceptors (Lipinski definition) is 6. The zero-order valence-electron chi connectivity index (χ0n) is 12.7. The summed E-state index contributed by atoms with van der Waals surface area (Å²) in [5, 5.41) is 0. The predicted octanol–water partition coefficient (Wildman–Crippen LogP) is 1.66.